The Kier molecular flexibility index (Phi) is 8.02. The average Bonchev–Trinajstić information content (AvgIpc) is 2.04. The van der Waals surface area contributed by atoms with E-state index < -0.39 is 0 Å². The van der Waals surface area contributed by atoms with Gasteiger partial charge in [-0.3, -0.25) is 0 Å². The van der Waals surface area contributed by atoms with Gasteiger partial charge >= 0.3 is 0 Å². The van der Waals surface area contributed by atoms with Crippen LogP contribution in [0, 0.1) is 0 Å². The second-order valence-electron chi connectivity index (χ2n) is 2.92. The number of thiocarbonyl (C=S) groups is 1. The first kappa shape index (κ1) is 12.2. The third-order valence-corrected chi connectivity index (χ3v) is 2.47. The lowest BCUT2D eigenvalue weighted by Gasteiger charge is -2.20. The van der Waals surface area contributed by atoms with Crippen molar-refractivity contribution >= 4 is 29.2 Å². The fourth-order valence-electron chi connectivity index (χ4n) is 1.12. The number of hydrogen-bond donors (Lipinski definition) is 1. The van der Waals surface area contributed by atoms with E-state index >= 15 is 0 Å². The van der Waals surface area contributed by atoms with Crippen LogP contribution in [-0.4, -0.2) is 22.3 Å². The normalized spacial score (nSPS) is 9.92. The third-order valence-electron chi connectivity index (χ3n) is 1.93. The van der Waals surface area contributed by atoms with Crippen molar-refractivity contribution in [3.8, 4) is 0 Å². The fraction of sp³-hybridized carbons (Fsp3) is 0.889. The van der Waals surface area contributed by atoms with E-state index in [0.29, 0.717) is 0 Å². The van der Waals surface area contributed by atoms with Crippen molar-refractivity contribution in [1.82, 2.24) is 4.90 Å². The first-order chi connectivity index (χ1) is 5.72. The summed E-state index contributed by atoms with van der Waals surface area (Å²) >= 11 is 9.14. The minimum Gasteiger partial charge on any atom is -0.358 e. The SMILES string of the molecule is CCCCCCN(CC)C(=S)S. The second kappa shape index (κ2) is 7.87. The molecule has 0 bridgehead atoms. The molecule has 0 rings (SSSR count). The van der Waals surface area contributed by atoms with Crippen LogP contribution in [0.15, 0.2) is 0 Å². The van der Waals surface area contributed by atoms with Crippen LogP contribution in [0.1, 0.15) is 39.5 Å². The molecule has 0 spiro atoms. The van der Waals surface area contributed by atoms with Gasteiger partial charge in [0.15, 0.2) is 0 Å². The van der Waals surface area contributed by atoms with Crippen molar-refractivity contribution in [2.24, 2.45) is 0 Å². The lowest BCUT2D eigenvalue weighted by molar-refractivity contribution is 0.433. The van der Waals surface area contributed by atoms with E-state index in [9.17, 15) is 0 Å². The first-order valence-electron chi connectivity index (χ1n) is 4.70. The van der Waals surface area contributed by atoms with Crippen LogP contribution in [0.4, 0.5) is 0 Å². The number of hydrogen-bond acceptors (Lipinski definition) is 1. The minimum absolute atomic E-state index is 0.731. The van der Waals surface area contributed by atoms with Gasteiger partial charge < -0.3 is 4.90 Å². The van der Waals surface area contributed by atoms with E-state index in [1.807, 2.05) is 0 Å². The van der Waals surface area contributed by atoms with E-state index in [-0.39, 0.29) is 0 Å². The Morgan fingerprint density at radius 3 is 2.33 bits per heavy atom. The zero-order valence-electron chi connectivity index (χ0n) is 8.05. The molecule has 0 aromatic carbocycles. The largest absolute Gasteiger partial charge is 0.358 e. The van der Waals surface area contributed by atoms with Crippen LogP contribution in [0.5, 0.6) is 0 Å². The van der Waals surface area contributed by atoms with Crippen LogP contribution in [0.2, 0.25) is 0 Å². The number of rotatable bonds is 6. The average molecular weight is 205 g/mol. The van der Waals surface area contributed by atoms with Crippen LogP contribution in [0.3, 0.4) is 0 Å². The summed E-state index contributed by atoms with van der Waals surface area (Å²) in [5, 5.41) is 0. The van der Waals surface area contributed by atoms with Crippen molar-refractivity contribution in [1.29, 1.82) is 0 Å². The summed E-state index contributed by atoms with van der Waals surface area (Å²) in [6.45, 7) is 6.39. The van der Waals surface area contributed by atoms with Gasteiger partial charge in [-0.2, -0.15) is 0 Å². The molecule has 0 fully saturated rings. The third kappa shape index (κ3) is 5.84. The Morgan fingerprint density at radius 1 is 1.25 bits per heavy atom. The van der Waals surface area contributed by atoms with Crippen LogP contribution in [-0.2, 0) is 0 Å². The van der Waals surface area contributed by atoms with E-state index in [0.717, 1.165) is 17.4 Å². The molecule has 0 aliphatic rings. The highest BCUT2D eigenvalue weighted by Gasteiger charge is 2.01. The zero-order chi connectivity index (χ0) is 9.40. The molecule has 0 unspecified atom stereocenters. The summed E-state index contributed by atoms with van der Waals surface area (Å²) in [5.74, 6) is 0. The maximum Gasteiger partial charge on any atom is 0.133 e. The smallest absolute Gasteiger partial charge is 0.133 e. The molecule has 0 heterocycles. The van der Waals surface area contributed by atoms with Crippen molar-refractivity contribution in [2.45, 2.75) is 39.5 Å². The summed E-state index contributed by atoms with van der Waals surface area (Å²) in [7, 11) is 0. The van der Waals surface area contributed by atoms with Gasteiger partial charge in [0, 0.05) is 13.1 Å². The van der Waals surface area contributed by atoms with Crippen LogP contribution < -0.4 is 0 Å². The summed E-state index contributed by atoms with van der Waals surface area (Å²) in [6.07, 6.45) is 5.17. The molecule has 1 nitrogen and oxygen atoms in total. The highest BCUT2D eigenvalue weighted by molar-refractivity contribution is 8.10. The van der Waals surface area contributed by atoms with Gasteiger partial charge in [0.05, 0.1) is 0 Å². The molecular weight excluding hydrogens is 186 g/mol. The van der Waals surface area contributed by atoms with Crippen LogP contribution in [0.25, 0.3) is 0 Å². The molecule has 3 heteroatoms. The number of thiol groups is 1. The van der Waals surface area contributed by atoms with E-state index in [2.05, 4.69) is 31.4 Å². The van der Waals surface area contributed by atoms with Gasteiger partial charge in [0.2, 0.25) is 0 Å². The van der Waals surface area contributed by atoms with Gasteiger partial charge in [-0.1, -0.05) is 38.4 Å². The monoisotopic (exact) mass is 205 g/mol. The predicted molar refractivity (Wildman–Crippen MR) is 63.0 cm³/mol. The first-order valence-corrected chi connectivity index (χ1v) is 5.55. The molecule has 0 saturated heterocycles. The number of unbranched alkanes of at least 4 members (excludes halogenated alkanes) is 3. The molecule has 0 radical (unpaired) electrons. The Morgan fingerprint density at radius 2 is 1.92 bits per heavy atom. The van der Waals surface area contributed by atoms with Crippen molar-refractivity contribution < 1.29 is 0 Å². The number of nitrogens with zero attached hydrogens (tertiary/aromatic N) is 1. The Labute approximate surface area is 86.9 Å². The van der Waals surface area contributed by atoms with Crippen molar-refractivity contribution in [2.75, 3.05) is 13.1 Å². The molecule has 0 aliphatic heterocycles. The lowest BCUT2D eigenvalue weighted by Crippen LogP contribution is -2.26. The van der Waals surface area contributed by atoms with Gasteiger partial charge in [0.1, 0.15) is 4.32 Å². The lowest BCUT2D eigenvalue weighted by atomic mass is 10.2. The second-order valence-corrected chi connectivity index (χ2v) is 4.04. The van der Waals surface area contributed by atoms with E-state index in [1.54, 1.807) is 0 Å². The van der Waals surface area contributed by atoms with Crippen LogP contribution >= 0.6 is 24.8 Å². The molecule has 0 N–H and O–H groups in total. The predicted octanol–water partition coefficient (Wildman–Crippen LogP) is 3.10. The summed E-state index contributed by atoms with van der Waals surface area (Å²) in [4.78, 5) is 2.13. The van der Waals surface area contributed by atoms with E-state index in [1.165, 1.54) is 25.7 Å². The Hall–Kier alpha value is 0.240. The minimum atomic E-state index is 0.731. The summed E-state index contributed by atoms with van der Waals surface area (Å²) < 4.78 is 0.731. The van der Waals surface area contributed by atoms with Gasteiger partial charge in [-0.05, 0) is 13.3 Å². The molecule has 72 valence electrons. The van der Waals surface area contributed by atoms with Crippen molar-refractivity contribution in [3.63, 3.8) is 0 Å². The molecule has 0 aliphatic carbocycles. The molecule has 0 amide bonds. The van der Waals surface area contributed by atoms with E-state index in [4.69, 9.17) is 12.2 Å². The molecule has 0 aromatic heterocycles. The Balaban J connectivity index is 3.38. The standard InChI is InChI=1S/C9H19NS2/c1-3-5-6-7-8-10(4-2)9(11)12/h3-8H2,1-2H3,(H,11,12). The van der Waals surface area contributed by atoms with Gasteiger partial charge in [-0.25, -0.2) is 0 Å². The van der Waals surface area contributed by atoms with Gasteiger partial charge in [-0.15, -0.1) is 12.6 Å². The quantitative estimate of drug-likeness (QED) is 0.403. The van der Waals surface area contributed by atoms with Crippen molar-refractivity contribution in [3.05, 3.63) is 0 Å². The molecule has 12 heavy (non-hydrogen) atoms. The topological polar surface area (TPSA) is 3.24 Å². The Bertz CT molecular complexity index is 126. The maximum atomic E-state index is 4.98. The highest BCUT2D eigenvalue weighted by Crippen LogP contribution is 2.03. The molecule has 0 saturated carbocycles. The molecular formula is C9H19NS2. The maximum absolute atomic E-state index is 4.98. The molecule has 0 atom stereocenters. The van der Waals surface area contributed by atoms with Gasteiger partial charge in [0.25, 0.3) is 0 Å². The highest BCUT2D eigenvalue weighted by atomic mass is 32.1. The molecule has 0 aromatic rings. The zero-order valence-corrected chi connectivity index (χ0v) is 9.76. The fourth-order valence-corrected chi connectivity index (χ4v) is 1.58. The summed E-state index contributed by atoms with van der Waals surface area (Å²) in [6, 6.07) is 0. The summed E-state index contributed by atoms with van der Waals surface area (Å²) in [5.41, 5.74) is 0.